The molecule has 172 valence electrons. The van der Waals surface area contributed by atoms with E-state index in [-0.39, 0.29) is 5.75 Å². The van der Waals surface area contributed by atoms with Gasteiger partial charge in [-0.05, 0) is 35.1 Å². The summed E-state index contributed by atoms with van der Waals surface area (Å²) in [5, 5.41) is 6.63. The van der Waals surface area contributed by atoms with Crippen LogP contribution in [0.4, 0.5) is 5.82 Å². The highest BCUT2D eigenvalue weighted by Crippen LogP contribution is 2.32. The summed E-state index contributed by atoms with van der Waals surface area (Å²) in [5.41, 5.74) is 6.07. The summed E-state index contributed by atoms with van der Waals surface area (Å²) in [5.74, 6) is 0.905. The number of hydroxylamine groups is 1. The lowest BCUT2D eigenvalue weighted by Crippen LogP contribution is -2.56. The predicted molar refractivity (Wildman–Crippen MR) is 133 cm³/mol. The van der Waals surface area contributed by atoms with Crippen LogP contribution in [0.15, 0.2) is 103 Å². The Hall–Kier alpha value is -3.88. The van der Waals surface area contributed by atoms with Crippen LogP contribution in [0, 0.1) is 0 Å². The van der Waals surface area contributed by atoms with Crippen molar-refractivity contribution in [3.05, 3.63) is 114 Å². The first-order chi connectivity index (χ1) is 16.6. The van der Waals surface area contributed by atoms with E-state index in [0.717, 1.165) is 21.9 Å². The minimum absolute atomic E-state index is 0.158. The summed E-state index contributed by atoms with van der Waals surface area (Å²) in [6.45, 7) is 2.04. The van der Waals surface area contributed by atoms with E-state index in [1.54, 1.807) is 11.6 Å². The highest BCUT2D eigenvalue weighted by atomic mass is 32.2. The van der Waals surface area contributed by atoms with Crippen LogP contribution in [0.1, 0.15) is 18.1 Å². The number of fused-ring (bicyclic) bond motifs is 3. The molecular formula is C26H25N4O3S+. The monoisotopic (exact) mass is 473 g/mol. The van der Waals surface area contributed by atoms with Gasteiger partial charge < -0.3 is 5.32 Å². The molecule has 0 aliphatic carbocycles. The summed E-state index contributed by atoms with van der Waals surface area (Å²) in [7, 11) is -3.84. The largest absolute Gasteiger partial charge is 0.346 e. The first-order valence-electron chi connectivity index (χ1n) is 11.1. The van der Waals surface area contributed by atoms with Gasteiger partial charge in [-0.1, -0.05) is 83.1 Å². The Kier molecular flexibility index (Phi) is 5.91. The van der Waals surface area contributed by atoms with E-state index in [1.165, 1.54) is 5.06 Å². The summed E-state index contributed by atoms with van der Waals surface area (Å²) in [6, 6.07) is 29.4. The van der Waals surface area contributed by atoms with E-state index in [1.807, 2.05) is 97.2 Å². The number of hydrogen-bond acceptors (Lipinski definition) is 6. The van der Waals surface area contributed by atoms with Crippen molar-refractivity contribution < 1.29 is 17.4 Å². The number of rotatable bonds is 7. The van der Waals surface area contributed by atoms with Gasteiger partial charge in [-0.3, -0.25) is 0 Å². The second-order valence-corrected chi connectivity index (χ2v) is 9.69. The molecule has 0 radical (unpaired) electrons. The second kappa shape index (κ2) is 9.17. The molecule has 0 unspecified atom stereocenters. The number of hydrogen-bond donors (Lipinski definition) is 2. The fraction of sp³-hybridized carbons (Fsp3) is 0.115. The van der Waals surface area contributed by atoms with E-state index < -0.39 is 10.1 Å². The Balaban J connectivity index is 1.71. The average Bonchev–Trinajstić information content (AvgIpc) is 2.88. The van der Waals surface area contributed by atoms with Crippen LogP contribution in [0.3, 0.4) is 0 Å². The lowest BCUT2D eigenvalue weighted by atomic mass is 10.1. The maximum absolute atomic E-state index is 12.7. The maximum atomic E-state index is 12.7. The molecule has 3 aromatic carbocycles. The fourth-order valence-corrected chi connectivity index (χ4v) is 4.34. The summed E-state index contributed by atoms with van der Waals surface area (Å²) >= 11 is 0. The SMILES string of the molecule is CCS(=O)(=O)ON1C(NCc2ccccc2)=C(c2ccccc2)N[n+]2ccc3ccccc3c21. The summed E-state index contributed by atoms with van der Waals surface area (Å²) < 4.78 is 33.0. The van der Waals surface area contributed by atoms with Gasteiger partial charge in [0.25, 0.3) is 5.82 Å². The first-order valence-corrected chi connectivity index (χ1v) is 12.6. The van der Waals surface area contributed by atoms with Crippen molar-refractivity contribution in [2.24, 2.45) is 0 Å². The Labute approximate surface area is 199 Å². The van der Waals surface area contributed by atoms with Crippen LogP contribution in [0.2, 0.25) is 0 Å². The van der Waals surface area contributed by atoms with Gasteiger partial charge in [-0.2, -0.15) is 8.42 Å². The van der Waals surface area contributed by atoms with E-state index in [9.17, 15) is 8.42 Å². The number of aromatic nitrogens is 1. The molecule has 0 saturated carbocycles. The molecule has 8 heteroatoms. The van der Waals surface area contributed by atoms with Gasteiger partial charge in [0.05, 0.1) is 11.1 Å². The molecule has 1 aliphatic rings. The molecule has 0 amide bonds. The maximum Gasteiger partial charge on any atom is 0.346 e. The van der Waals surface area contributed by atoms with Crippen molar-refractivity contribution in [1.29, 1.82) is 0 Å². The molecule has 1 aliphatic heterocycles. The molecule has 0 atom stereocenters. The van der Waals surface area contributed by atoms with Crippen molar-refractivity contribution in [1.82, 2.24) is 5.32 Å². The second-order valence-electron chi connectivity index (χ2n) is 7.85. The molecule has 2 N–H and O–H groups in total. The van der Waals surface area contributed by atoms with Gasteiger partial charge in [0.15, 0.2) is 0 Å². The van der Waals surface area contributed by atoms with Crippen molar-refractivity contribution in [2.75, 3.05) is 16.2 Å². The Morgan fingerprint density at radius 3 is 2.32 bits per heavy atom. The van der Waals surface area contributed by atoms with Gasteiger partial charge in [0.1, 0.15) is 11.9 Å². The zero-order valence-electron chi connectivity index (χ0n) is 18.7. The average molecular weight is 474 g/mol. The minimum atomic E-state index is -3.84. The van der Waals surface area contributed by atoms with E-state index in [2.05, 4.69) is 10.7 Å². The standard InChI is InChI=1S/C26H25N4O3S/c1-2-34(31,32)33-30-25(27-19-20-11-5-3-6-12-20)24(22-14-7-4-8-15-22)28-29-18-17-21-13-9-10-16-23(21)26(29)30/h3-18,27-28H,2,19H2,1H3/q+1. The van der Waals surface area contributed by atoms with E-state index in [0.29, 0.717) is 23.9 Å². The predicted octanol–water partition coefficient (Wildman–Crippen LogP) is 3.89. The summed E-state index contributed by atoms with van der Waals surface area (Å²) in [4.78, 5) is 0. The molecule has 5 rings (SSSR count). The van der Waals surface area contributed by atoms with Gasteiger partial charge in [-0.25, -0.2) is 5.43 Å². The number of nitrogens with zero attached hydrogens (tertiary/aromatic N) is 2. The quantitative estimate of drug-likeness (QED) is 0.397. The molecule has 34 heavy (non-hydrogen) atoms. The van der Waals surface area contributed by atoms with E-state index in [4.69, 9.17) is 4.28 Å². The number of benzene rings is 3. The molecule has 0 saturated heterocycles. The van der Waals surface area contributed by atoms with Crippen LogP contribution in [-0.4, -0.2) is 14.2 Å². The Bertz CT molecular complexity index is 1460. The molecule has 4 aromatic rings. The topological polar surface area (TPSA) is 74.5 Å². The lowest BCUT2D eigenvalue weighted by molar-refractivity contribution is -0.630. The van der Waals surface area contributed by atoms with E-state index >= 15 is 0 Å². The fourth-order valence-electron chi connectivity index (χ4n) is 3.87. The first kappa shape index (κ1) is 21.9. The third-order valence-corrected chi connectivity index (χ3v) is 6.69. The number of pyridine rings is 1. The molecule has 2 heterocycles. The molecule has 0 fully saturated rings. The van der Waals surface area contributed by atoms with Crippen LogP contribution in [0.25, 0.3) is 16.5 Å². The third kappa shape index (κ3) is 4.33. The molecule has 1 aromatic heterocycles. The smallest absolute Gasteiger partial charge is 0.344 e. The number of nitrogens with one attached hydrogen (secondary N) is 2. The Morgan fingerprint density at radius 2 is 1.59 bits per heavy atom. The normalized spacial score (nSPS) is 13.5. The van der Waals surface area contributed by atoms with Gasteiger partial charge in [0, 0.05) is 12.1 Å². The Morgan fingerprint density at radius 1 is 0.912 bits per heavy atom. The summed E-state index contributed by atoms with van der Waals surface area (Å²) in [6.07, 6.45) is 1.86. The lowest BCUT2D eigenvalue weighted by Gasteiger charge is -2.27. The van der Waals surface area contributed by atoms with Crippen molar-refractivity contribution in [3.8, 4) is 0 Å². The highest BCUT2D eigenvalue weighted by Gasteiger charge is 2.40. The molecule has 0 spiro atoms. The number of anilines is 1. The molecule has 7 nitrogen and oxygen atoms in total. The van der Waals surface area contributed by atoms with Crippen LogP contribution >= 0.6 is 0 Å². The third-order valence-electron chi connectivity index (χ3n) is 5.60. The van der Waals surface area contributed by atoms with Crippen molar-refractivity contribution >= 4 is 32.4 Å². The van der Waals surface area contributed by atoms with Gasteiger partial charge in [-0.15, -0.1) is 4.68 Å². The van der Waals surface area contributed by atoms with Crippen LogP contribution in [0.5, 0.6) is 0 Å². The van der Waals surface area contributed by atoms with Crippen molar-refractivity contribution in [3.63, 3.8) is 0 Å². The van der Waals surface area contributed by atoms with Gasteiger partial charge >= 0.3 is 15.9 Å². The molecular weight excluding hydrogens is 448 g/mol. The minimum Gasteiger partial charge on any atom is -0.344 e. The van der Waals surface area contributed by atoms with Gasteiger partial charge in [0.2, 0.25) is 0 Å². The van der Waals surface area contributed by atoms with Crippen LogP contribution in [-0.2, 0) is 20.9 Å². The van der Waals surface area contributed by atoms with Crippen molar-refractivity contribution in [2.45, 2.75) is 13.5 Å². The van der Waals surface area contributed by atoms with Crippen LogP contribution < -0.4 is 20.5 Å². The zero-order valence-corrected chi connectivity index (χ0v) is 19.5. The molecule has 0 bridgehead atoms. The highest BCUT2D eigenvalue weighted by molar-refractivity contribution is 7.86. The zero-order chi connectivity index (χ0) is 23.5.